The van der Waals surface area contributed by atoms with Crippen LogP contribution in [0.2, 0.25) is 0 Å². The van der Waals surface area contributed by atoms with E-state index in [1.807, 2.05) is 29.6 Å². The monoisotopic (exact) mass is 276 g/mol. The fraction of sp³-hybridized carbons (Fsp3) is 0.0714. The van der Waals surface area contributed by atoms with Gasteiger partial charge in [0.25, 0.3) is 0 Å². The number of hydrogen-bond donors (Lipinski definition) is 1. The average Bonchev–Trinajstić information content (AvgIpc) is 2.82. The topological polar surface area (TPSA) is 37.3 Å². The highest BCUT2D eigenvalue weighted by molar-refractivity contribution is 7.98. The van der Waals surface area contributed by atoms with Gasteiger partial charge in [0.15, 0.2) is 0 Å². The van der Waals surface area contributed by atoms with Gasteiger partial charge in [-0.25, -0.2) is 4.79 Å². The first-order valence-electron chi connectivity index (χ1n) is 5.41. The molecule has 0 radical (unpaired) electrons. The Kier molecular flexibility index (Phi) is 4.61. The van der Waals surface area contributed by atoms with Crippen molar-refractivity contribution in [1.82, 2.24) is 0 Å². The van der Waals surface area contributed by atoms with Gasteiger partial charge in [-0.05, 0) is 35.2 Å². The lowest BCUT2D eigenvalue weighted by molar-refractivity contribution is -0.131. The Labute approximate surface area is 114 Å². The molecule has 1 heterocycles. The van der Waals surface area contributed by atoms with Gasteiger partial charge in [0.05, 0.1) is 0 Å². The fourth-order valence-electron chi connectivity index (χ4n) is 1.44. The quantitative estimate of drug-likeness (QED) is 0.659. The lowest BCUT2D eigenvalue weighted by Gasteiger charge is -2.00. The molecule has 1 aromatic heterocycles. The number of carboxylic acid groups (broad SMARTS) is 1. The van der Waals surface area contributed by atoms with E-state index in [2.05, 4.69) is 12.1 Å². The van der Waals surface area contributed by atoms with Crippen molar-refractivity contribution in [1.29, 1.82) is 0 Å². The van der Waals surface area contributed by atoms with Crippen molar-refractivity contribution < 1.29 is 9.90 Å². The van der Waals surface area contributed by atoms with Crippen molar-refractivity contribution >= 4 is 35.1 Å². The molecule has 18 heavy (non-hydrogen) atoms. The van der Waals surface area contributed by atoms with Gasteiger partial charge in [-0.2, -0.15) is 0 Å². The zero-order chi connectivity index (χ0) is 12.8. The van der Waals surface area contributed by atoms with Crippen LogP contribution in [0, 0.1) is 0 Å². The third kappa shape index (κ3) is 3.75. The van der Waals surface area contributed by atoms with E-state index in [-0.39, 0.29) is 0 Å². The standard InChI is InChI=1S/C14H12O2S2/c15-14(16)7-6-11-8-9-17-13(11)10-18-12-4-2-1-3-5-12/h1-9H,10H2,(H,15,16). The summed E-state index contributed by atoms with van der Waals surface area (Å²) in [4.78, 5) is 12.9. The highest BCUT2D eigenvalue weighted by atomic mass is 32.2. The molecule has 1 N–H and O–H groups in total. The van der Waals surface area contributed by atoms with Crippen LogP contribution in [-0.2, 0) is 10.5 Å². The van der Waals surface area contributed by atoms with Crippen molar-refractivity contribution in [3.05, 3.63) is 58.3 Å². The summed E-state index contributed by atoms with van der Waals surface area (Å²) >= 11 is 3.41. The molecule has 2 aromatic rings. The molecule has 0 spiro atoms. The first-order valence-corrected chi connectivity index (χ1v) is 7.27. The SMILES string of the molecule is O=C(O)C=Cc1ccsc1CSc1ccccc1. The second kappa shape index (κ2) is 6.42. The van der Waals surface area contributed by atoms with Crippen LogP contribution in [0.4, 0.5) is 0 Å². The van der Waals surface area contributed by atoms with Crippen LogP contribution in [0.25, 0.3) is 6.08 Å². The summed E-state index contributed by atoms with van der Waals surface area (Å²) in [5.41, 5.74) is 0.992. The minimum Gasteiger partial charge on any atom is -0.478 e. The van der Waals surface area contributed by atoms with E-state index in [0.29, 0.717) is 0 Å². The van der Waals surface area contributed by atoms with Gasteiger partial charge >= 0.3 is 5.97 Å². The molecule has 0 fully saturated rings. The molecule has 0 bridgehead atoms. The summed E-state index contributed by atoms with van der Waals surface area (Å²) in [5.74, 6) is -0.0519. The molecule has 0 atom stereocenters. The normalized spacial score (nSPS) is 10.9. The van der Waals surface area contributed by atoms with Gasteiger partial charge < -0.3 is 5.11 Å². The van der Waals surface area contributed by atoms with Gasteiger partial charge in [-0.1, -0.05) is 18.2 Å². The zero-order valence-electron chi connectivity index (χ0n) is 9.58. The molecule has 1 aromatic carbocycles. The van der Waals surface area contributed by atoms with Gasteiger partial charge in [-0.3, -0.25) is 0 Å². The lowest BCUT2D eigenvalue weighted by atomic mass is 10.2. The Morgan fingerprint density at radius 2 is 2.06 bits per heavy atom. The average molecular weight is 276 g/mol. The number of aliphatic carboxylic acids is 1. The van der Waals surface area contributed by atoms with Gasteiger partial charge in [0, 0.05) is 21.6 Å². The first-order chi connectivity index (χ1) is 8.75. The summed E-state index contributed by atoms with van der Waals surface area (Å²) in [6.07, 6.45) is 2.83. The smallest absolute Gasteiger partial charge is 0.328 e. The first kappa shape index (κ1) is 12.9. The van der Waals surface area contributed by atoms with Crippen LogP contribution in [0.3, 0.4) is 0 Å². The molecule has 92 valence electrons. The molecular weight excluding hydrogens is 264 g/mol. The largest absolute Gasteiger partial charge is 0.478 e. The highest BCUT2D eigenvalue weighted by Crippen LogP contribution is 2.28. The maximum atomic E-state index is 10.5. The van der Waals surface area contributed by atoms with Crippen LogP contribution in [0.1, 0.15) is 10.4 Å². The van der Waals surface area contributed by atoms with Crippen molar-refractivity contribution in [2.24, 2.45) is 0 Å². The molecule has 0 unspecified atom stereocenters. The lowest BCUT2D eigenvalue weighted by Crippen LogP contribution is -1.86. The van der Waals surface area contributed by atoms with Crippen LogP contribution >= 0.6 is 23.1 Å². The van der Waals surface area contributed by atoms with E-state index in [0.717, 1.165) is 11.3 Å². The number of hydrogen-bond acceptors (Lipinski definition) is 3. The van der Waals surface area contributed by atoms with E-state index in [9.17, 15) is 4.79 Å². The van der Waals surface area contributed by atoms with E-state index < -0.39 is 5.97 Å². The molecule has 0 aliphatic heterocycles. The summed E-state index contributed by atoms with van der Waals surface area (Å²) in [7, 11) is 0. The maximum Gasteiger partial charge on any atom is 0.328 e. The summed E-state index contributed by atoms with van der Waals surface area (Å²) in [6.45, 7) is 0. The third-order valence-corrected chi connectivity index (χ3v) is 4.46. The molecule has 4 heteroatoms. The molecule has 0 saturated carbocycles. The molecule has 2 rings (SSSR count). The molecular formula is C14H12O2S2. The number of thioether (sulfide) groups is 1. The van der Waals surface area contributed by atoms with Crippen LogP contribution < -0.4 is 0 Å². The highest BCUT2D eigenvalue weighted by Gasteiger charge is 2.03. The minimum absolute atomic E-state index is 0.862. The van der Waals surface area contributed by atoms with Crippen LogP contribution in [0.5, 0.6) is 0 Å². The fourth-order valence-corrected chi connectivity index (χ4v) is 3.36. The number of benzene rings is 1. The van der Waals surface area contributed by atoms with Crippen molar-refractivity contribution in [3.8, 4) is 0 Å². The number of rotatable bonds is 5. The second-order valence-electron chi connectivity index (χ2n) is 3.57. The van der Waals surface area contributed by atoms with E-state index in [4.69, 9.17) is 5.11 Å². The summed E-state index contributed by atoms with van der Waals surface area (Å²) in [5, 5.41) is 10.6. The maximum absolute atomic E-state index is 10.5. The van der Waals surface area contributed by atoms with Crippen LogP contribution in [-0.4, -0.2) is 11.1 Å². The zero-order valence-corrected chi connectivity index (χ0v) is 11.2. The molecule has 0 aliphatic carbocycles. The van der Waals surface area contributed by atoms with Gasteiger partial charge in [-0.15, -0.1) is 23.1 Å². The van der Waals surface area contributed by atoms with Crippen molar-refractivity contribution in [2.75, 3.05) is 0 Å². The minimum atomic E-state index is -0.914. The number of thiophene rings is 1. The Bertz CT molecular complexity index is 544. The molecule has 0 aliphatic rings. The molecule has 0 amide bonds. The molecule has 2 nitrogen and oxygen atoms in total. The van der Waals surface area contributed by atoms with Crippen LogP contribution in [0.15, 0.2) is 52.7 Å². The third-order valence-electron chi connectivity index (χ3n) is 2.30. The molecule has 0 saturated heterocycles. The van der Waals surface area contributed by atoms with Crippen molar-refractivity contribution in [2.45, 2.75) is 10.6 Å². The van der Waals surface area contributed by atoms with E-state index >= 15 is 0 Å². The predicted octanol–water partition coefficient (Wildman–Crippen LogP) is 4.14. The second-order valence-corrected chi connectivity index (χ2v) is 5.62. The summed E-state index contributed by atoms with van der Waals surface area (Å²) in [6, 6.07) is 12.1. The van der Waals surface area contributed by atoms with E-state index in [1.165, 1.54) is 15.8 Å². The predicted molar refractivity (Wildman–Crippen MR) is 77.0 cm³/mol. The number of carbonyl (C=O) groups is 1. The van der Waals surface area contributed by atoms with Gasteiger partial charge in [0.2, 0.25) is 0 Å². The Morgan fingerprint density at radius 1 is 1.28 bits per heavy atom. The Balaban J connectivity index is 2.02. The number of carboxylic acids is 1. The summed E-state index contributed by atoms with van der Waals surface area (Å²) < 4.78 is 0. The van der Waals surface area contributed by atoms with Crippen molar-refractivity contribution in [3.63, 3.8) is 0 Å². The van der Waals surface area contributed by atoms with E-state index in [1.54, 1.807) is 29.2 Å². The Morgan fingerprint density at radius 3 is 2.78 bits per heavy atom. The Hall–Kier alpha value is -1.52. The van der Waals surface area contributed by atoms with Gasteiger partial charge in [0.1, 0.15) is 0 Å².